The van der Waals surface area contributed by atoms with Crippen LogP contribution in [-0.4, -0.2) is 19.9 Å². The van der Waals surface area contributed by atoms with Gasteiger partial charge in [0.1, 0.15) is 0 Å². The first-order valence-electron chi connectivity index (χ1n) is 5.78. The quantitative estimate of drug-likeness (QED) is 0.772. The maximum atomic E-state index is 11.4. The smallest absolute Gasteiger partial charge is 0.151 e. The zero-order chi connectivity index (χ0) is 13.1. The van der Waals surface area contributed by atoms with E-state index >= 15 is 0 Å². The Morgan fingerprint density at radius 3 is 2.18 bits per heavy atom. The third-order valence-electron chi connectivity index (χ3n) is 2.92. The summed E-state index contributed by atoms with van der Waals surface area (Å²) < 4.78 is 22.9. The molecule has 1 aromatic carbocycles. The van der Waals surface area contributed by atoms with Gasteiger partial charge in [0.25, 0.3) is 0 Å². The van der Waals surface area contributed by atoms with Crippen LogP contribution in [-0.2, 0) is 16.3 Å². The Balaban J connectivity index is 2.86. The zero-order valence-corrected chi connectivity index (χ0v) is 12.1. The van der Waals surface area contributed by atoms with Gasteiger partial charge in [0.15, 0.2) is 9.84 Å². The molecule has 0 saturated carbocycles. The minimum Gasteiger partial charge on any atom is -0.229 e. The second kappa shape index (κ2) is 5.87. The highest BCUT2D eigenvalue weighted by Gasteiger charge is 2.25. The number of sulfone groups is 1. The van der Waals surface area contributed by atoms with Crippen molar-refractivity contribution in [3.8, 4) is 0 Å². The average molecular weight is 275 g/mol. The largest absolute Gasteiger partial charge is 0.229 e. The summed E-state index contributed by atoms with van der Waals surface area (Å²) in [7, 11) is -3.10. The van der Waals surface area contributed by atoms with Crippen LogP contribution in [0.25, 0.3) is 0 Å². The fourth-order valence-electron chi connectivity index (χ4n) is 1.64. The Morgan fingerprint density at radius 1 is 1.24 bits per heavy atom. The number of hydrogen-bond acceptors (Lipinski definition) is 2. The van der Waals surface area contributed by atoms with Gasteiger partial charge in [0, 0.05) is 6.26 Å². The van der Waals surface area contributed by atoms with Gasteiger partial charge < -0.3 is 0 Å². The normalized spacial score (nSPS) is 15.5. The van der Waals surface area contributed by atoms with Crippen LogP contribution in [0.15, 0.2) is 24.3 Å². The van der Waals surface area contributed by atoms with E-state index in [1.807, 2.05) is 24.3 Å². The van der Waals surface area contributed by atoms with E-state index in [1.54, 1.807) is 6.92 Å². The number of hydrogen-bond donors (Lipinski definition) is 0. The number of alkyl halides is 1. The molecule has 0 amide bonds. The molecule has 2 atom stereocenters. The van der Waals surface area contributed by atoms with Crippen LogP contribution < -0.4 is 0 Å². The standard InChI is InChI=1S/C13H19ClO2S/c1-4-5-11-6-8-12(9-7-11)13(14)10(2)17(3,15)16/h6-10,13H,4-5H2,1-3H3. The van der Waals surface area contributed by atoms with Crippen LogP contribution in [0, 0.1) is 0 Å². The second-order valence-corrected chi connectivity index (χ2v) is 7.30. The van der Waals surface area contributed by atoms with Gasteiger partial charge in [-0.2, -0.15) is 0 Å². The van der Waals surface area contributed by atoms with E-state index < -0.39 is 20.5 Å². The molecule has 1 rings (SSSR count). The topological polar surface area (TPSA) is 34.1 Å². The summed E-state index contributed by atoms with van der Waals surface area (Å²) in [6.07, 6.45) is 3.36. The van der Waals surface area contributed by atoms with E-state index in [-0.39, 0.29) is 0 Å². The zero-order valence-electron chi connectivity index (χ0n) is 10.5. The van der Waals surface area contributed by atoms with Gasteiger partial charge in [-0.05, 0) is 24.5 Å². The summed E-state index contributed by atoms with van der Waals surface area (Å²) in [5.41, 5.74) is 2.12. The summed E-state index contributed by atoms with van der Waals surface area (Å²) >= 11 is 6.19. The third-order valence-corrected chi connectivity index (χ3v) is 5.33. The van der Waals surface area contributed by atoms with Gasteiger partial charge in [0.05, 0.1) is 10.6 Å². The molecule has 1 aromatic rings. The van der Waals surface area contributed by atoms with Crippen molar-refractivity contribution in [2.75, 3.05) is 6.26 Å². The molecule has 2 unspecified atom stereocenters. The Morgan fingerprint density at radius 2 is 1.76 bits per heavy atom. The molecule has 0 bridgehead atoms. The minimum absolute atomic E-state index is 0.485. The summed E-state index contributed by atoms with van der Waals surface area (Å²) in [6.45, 7) is 3.77. The fourth-order valence-corrected chi connectivity index (χ4v) is 2.94. The van der Waals surface area contributed by atoms with Crippen LogP contribution in [0.4, 0.5) is 0 Å². The summed E-state index contributed by atoms with van der Waals surface area (Å²) in [5, 5.41) is -1.05. The fraction of sp³-hybridized carbons (Fsp3) is 0.538. The Hall–Kier alpha value is -0.540. The van der Waals surface area contributed by atoms with Gasteiger partial charge in [-0.1, -0.05) is 37.6 Å². The molecule has 2 nitrogen and oxygen atoms in total. The van der Waals surface area contributed by atoms with Crippen molar-refractivity contribution in [2.24, 2.45) is 0 Å². The summed E-state index contributed by atoms with van der Waals surface area (Å²) in [5.74, 6) is 0. The first-order chi connectivity index (χ1) is 7.86. The van der Waals surface area contributed by atoms with Crippen molar-refractivity contribution in [2.45, 2.75) is 37.3 Å². The lowest BCUT2D eigenvalue weighted by Crippen LogP contribution is -2.21. The number of aryl methyl sites for hydroxylation is 1. The molecule has 0 aliphatic rings. The van der Waals surface area contributed by atoms with Crippen molar-refractivity contribution in [1.29, 1.82) is 0 Å². The molecule has 96 valence electrons. The Kier molecular flexibility index (Phi) is 5.02. The van der Waals surface area contributed by atoms with Crippen molar-refractivity contribution in [1.82, 2.24) is 0 Å². The van der Waals surface area contributed by atoms with Crippen LogP contribution in [0.3, 0.4) is 0 Å². The molecule has 17 heavy (non-hydrogen) atoms. The van der Waals surface area contributed by atoms with E-state index in [4.69, 9.17) is 11.6 Å². The molecule has 0 aromatic heterocycles. The summed E-state index contributed by atoms with van der Waals surface area (Å²) in [4.78, 5) is 0. The predicted octanol–water partition coefficient (Wildman–Crippen LogP) is 3.35. The van der Waals surface area contributed by atoms with Crippen molar-refractivity contribution in [3.05, 3.63) is 35.4 Å². The first kappa shape index (κ1) is 14.5. The molecule has 0 fully saturated rings. The van der Waals surface area contributed by atoms with Gasteiger partial charge in [-0.25, -0.2) is 8.42 Å². The molecule has 0 radical (unpaired) electrons. The molecule has 0 aliphatic heterocycles. The highest BCUT2D eigenvalue weighted by atomic mass is 35.5. The molecule has 0 heterocycles. The van der Waals surface area contributed by atoms with Crippen molar-refractivity contribution >= 4 is 21.4 Å². The van der Waals surface area contributed by atoms with E-state index in [1.165, 1.54) is 11.8 Å². The molecule has 0 spiro atoms. The van der Waals surface area contributed by atoms with E-state index in [0.717, 1.165) is 18.4 Å². The molecule has 0 aliphatic carbocycles. The maximum Gasteiger partial charge on any atom is 0.151 e. The van der Waals surface area contributed by atoms with E-state index in [9.17, 15) is 8.42 Å². The van der Waals surface area contributed by atoms with Gasteiger partial charge in [-0.3, -0.25) is 0 Å². The lowest BCUT2D eigenvalue weighted by molar-refractivity contribution is 0.587. The first-order valence-corrected chi connectivity index (χ1v) is 8.17. The Bertz CT molecular complexity index is 451. The van der Waals surface area contributed by atoms with Crippen LogP contribution in [0.1, 0.15) is 36.8 Å². The predicted molar refractivity (Wildman–Crippen MR) is 73.3 cm³/mol. The highest BCUT2D eigenvalue weighted by Crippen LogP contribution is 2.28. The van der Waals surface area contributed by atoms with Crippen molar-refractivity contribution < 1.29 is 8.42 Å². The third kappa shape index (κ3) is 4.00. The highest BCUT2D eigenvalue weighted by molar-refractivity contribution is 7.91. The number of halogens is 1. The molecule has 0 saturated heterocycles. The average Bonchev–Trinajstić information content (AvgIpc) is 2.27. The van der Waals surface area contributed by atoms with Gasteiger partial charge in [-0.15, -0.1) is 11.6 Å². The van der Waals surface area contributed by atoms with Crippen LogP contribution in [0.2, 0.25) is 0 Å². The minimum atomic E-state index is -3.10. The van der Waals surface area contributed by atoms with Crippen molar-refractivity contribution in [3.63, 3.8) is 0 Å². The SMILES string of the molecule is CCCc1ccc(C(Cl)C(C)S(C)(=O)=O)cc1. The summed E-state index contributed by atoms with van der Waals surface area (Å²) in [6, 6.07) is 7.88. The number of rotatable bonds is 5. The van der Waals surface area contributed by atoms with Crippen LogP contribution in [0.5, 0.6) is 0 Å². The Labute approximate surface area is 109 Å². The lowest BCUT2D eigenvalue weighted by Gasteiger charge is -2.16. The number of benzene rings is 1. The van der Waals surface area contributed by atoms with Gasteiger partial charge >= 0.3 is 0 Å². The van der Waals surface area contributed by atoms with E-state index in [2.05, 4.69) is 6.92 Å². The molecule has 0 N–H and O–H groups in total. The second-order valence-electron chi connectivity index (χ2n) is 4.43. The van der Waals surface area contributed by atoms with Crippen LogP contribution >= 0.6 is 11.6 Å². The monoisotopic (exact) mass is 274 g/mol. The molecular weight excluding hydrogens is 256 g/mol. The van der Waals surface area contributed by atoms with Gasteiger partial charge in [0.2, 0.25) is 0 Å². The maximum absolute atomic E-state index is 11.4. The molecule has 4 heteroatoms. The molecular formula is C13H19ClO2S. The van der Waals surface area contributed by atoms with E-state index in [0.29, 0.717) is 0 Å². The lowest BCUT2D eigenvalue weighted by atomic mass is 10.0.